The van der Waals surface area contributed by atoms with E-state index in [2.05, 4.69) is 0 Å². The fourth-order valence-corrected chi connectivity index (χ4v) is 2.51. The Hall–Kier alpha value is -2.20. The Morgan fingerprint density at radius 2 is 1.89 bits per heavy atom. The zero-order valence-corrected chi connectivity index (χ0v) is 10.4. The number of rotatable bonds is 0. The summed E-state index contributed by atoms with van der Waals surface area (Å²) in [5, 5.41) is 1.15. The van der Waals surface area contributed by atoms with Crippen LogP contribution in [0.1, 0.15) is 18.4 Å². The summed E-state index contributed by atoms with van der Waals surface area (Å²) in [5.74, 6) is 4.98. The standard InChI is InChI=1S/C15H13FN2O/c1-9-11-7-6-10(16)8-13(11)12-4-2-3-5-14(12)18(17)15(9)19/h2-9H,17H2,1H3. The van der Waals surface area contributed by atoms with Crippen molar-refractivity contribution in [2.45, 2.75) is 12.8 Å². The summed E-state index contributed by atoms with van der Waals surface area (Å²) in [6, 6.07) is 11.7. The first-order chi connectivity index (χ1) is 9.09. The van der Waals surface area contributed by atoms with E-state index in [-0.39, 0.29) is 11.7 Å². The minimum atomic E-state index is -0.395. The van der Waals surface area contributed by atoms with Crippen LogP contribution in [0.25, 0.3) is 11.1 Å². The smallest absolute Gasteiger partial charge is 0.248 e. The average molecular weight is 256 g/mol. The molecule has 1 unspecified atom stereocenters. The van der Waals surface area contributed by atoms with E-state index in [9.17, 15) is 9.18 Å². The van der Waals surface area contributed by atoms with Gasteiger partial charge in [-0.05, 0) is 36.2 Å². The van der Waals surface area contributed by atoms with E-state index < -0.39 is 5.92 Å². The number of nitrogens with zero attached hydrogens (tertiary/aromatic N) is 1. The number of amides is 1. The molecule has 0 aliphatic carbocycles. The van der Waals surface area contributed by atoms with Gasteiger partial charge in [0.05, 0.1) is 11.6 Å². The first kappa shape index (κ1) is 11.9. The number of carbonyl (C=O) groups is 1. The molecule has 0 saturated heterocycles. The van der Waals surface area contributed by atoms with Crippen molar-refractivity contribution in [3.05, 3.63) is 53.8 Å². The second-order valence-corrected chi connectivity index (χ2v) is 4.68. The van der Waals surface area contributed by atoms with Crippen molar-refractivity contribution in [1.82, 2.24) is 0 Å². The summed E-state index contributed by atoms with van der Waals surface area (Å²) >= 11 is 0. The Bertz CT molecular complexity index is 669. The van der Waals surface area contributed by atoms with Gasteiger partial charge in [0, 0.05) is 5.56 Å². The topological polar surface area (TPSA) is 46.3 Å². The number of fused-ring (bicyclic) bond motifs is 3. The van der Waals surface area contributed by atoms with Gasteiger partial charge in [-0.1, -0.05) is 24.3 Å². The van der Waals surface area contributed by atoms with Crippen LogP contribution in [0, 0.1) is 5.82 Å². The van der Waals surface area contributed by atoms with Crippen LogP contribution >= 0.6 is 0 Å². The molecule has 4 heteroatoms. The van der Waals surface area contributed by atoms with Gasteiger partial charge in [-0.25, -0.2) is 15.2 Å². The van der Waals surface area contributed by atoms with Gasteiger partial charge in [-0.15, -0.1) is 0 Å². The third-order valence-corrected chi connectivity index (χ3v) is 3.54. The van der Waals surface area contributed by atoms with Gasteiger partial charge in [0.2, 0.25) is 5.91 Å². The number of hydrogen-bond acceptors (Lipinski definition) is 2. The zero-order valence-electron chi connectivity index (χ0n) is 10.4. The second kappa shape index (κ2) is 4.17. The van der Waals surface area contributed by atoms with E-state index in [1.165, 1.54) is 12.1 Å². The maximum Gasteiger partial charge on any atom is 0.248 e. The Morgan fingerprint density at radius 3 is 2.68 bits per heavy atom. The average Bonchev–Trinajstić information content (AvgIpc) is 2.51. The molecule has 1 aliphatic rings. The molecule has 0 radical (unpaired) electrons. The highest BCUT2D eigenvalue weighted by Crippen LogP contribution is 2.39. The van der Waals surface area contributed by atoms with E-state index >= 15 is 0 Å². The molecular formula is C15H13FN2O. The Kier molecular flexibility index (Phi) is 2.61. The number of halogens is 1. The Labute approximate surface area is 110 Å². The van der Waals surface area contributed by atoms with E-state index in [0.717, 1.165) is 21.7 Å². The molecule has 2 aromatic rings. The molecule has 0 saturated carbocycles. The molecule has 0 fully saturated rings. The largest absolute Gasteiger partial charge is 0.272 e. The lowest BCUT2D eigenvalue weighted by molar-refractivity contribution is -0.119. The van der Waals surface area contributed by atoms with Gasteiger partial charge in [-0.3, -0.25) is 4.79 Å². The van der Waals surface area contributed by atoms with Gasteiger partial charge in [-0.2, -0.15) is 0 Å². The summed E-state index contributed by atoms with van der Waals surface area (Å²) in [5.41, 5.74) is 2.90. The molecule has 96 valence electrons. The number of hydrazine groups is 1. The molecule has 3 rings (SSSR count). The van der Waals surface area contributed by atoms with Gasteiger partial charge in [0.1, 0.15) is 5.82 Å². The third kappa shape index (κ3) is 1.72. The van der Waals surface area contributed by atoms with Crippen LogP contribution in [0.4, 0.5) is 10.1 Å². The molecule has 1 atom stereocenters. The first-order valence-electron chi connectivity index (χ1n) is 6.07. The minimum absolute atomic E-state index is 0.196. The lowest BCUT2D eigenvalue weighted by Gasteiger charge is -2.18. The lowest BCUT2D eigenvalue weighted by Crippen LogP contribution is -2.39. The van der Waals surface area contributed by atoms with Crippen molar-refractivity contribution in [3.8, 4) is 11.1 Å². The summed E-state index contributed by atoms with van der Waals surface area (Å²) < 4.78 is 13.5. The highest BCUT2D eigenvalue weighted by Gasteiger charge is 2.29. The quantitative estimate of drug-likeness (QED) is 0.582. The molecule has 3 nitrogen and oxygen atoms in total. The second-order valence-electron chi connectivity index (χ2n) is 4.68. The fourth-order valence-electron chi connectivity index (χ4n) is 2.51. The van der Waals surface area contributed by atoms with Gasteiger partial charge in [0.25, 0.3) is 0 Å². The predicted molar refractivity (Wildman–Crippen MR) is 71.9 cm³/mol. The van der Waals surface area contributed by atoms with E-state index in [1.54, 1.807) is 25.1 Å². The number of benzene rings is 2. The third-order valence-electron chi connectivity index (χ3n) is 3.54. The summed E-state index contributed by atoms with van der Waals surface area (Å²) in [6.45, 7) is 1.78. The van der Waals surface area contributed by atoms with Crippen LogP contribution in [0.2, 0.25) is 0 Å². The minimum Gasteiger partial charge on any atom is -0.272 e. The van der Waals surface area contributed by atoms with Gasteiger partial charge in [0.15, 0.2) is 0 Å². The number of nitrogens with two attached hydrogens (primary N) is 1. The zero-order chi connectivity index (χ0) is 13.6. The molecular weight excluding hydrogens is 243 g/mol. The molecule has 19 heavy (non-hydrogen) atoms. The van der Waals surface area contributed by atoms with E-state index in [0.29, 0.717) is 5.69 Å². The number of carbonyl (C=O) groups excluding carboxylic acids is 1. The maximum absolute atomic E-state index is 13.5. The summed E-state index contributed by atoms with van der Waals surface area (Å²) in [7, 11) is 0. The fraction of sp³-hybridized carbons (Fsp3) is 0.133. The number of anilines is 1. The molecule has 0 bridgehead atoms. The van der Waals surface area contributed by atoms with Crippen molar-refractivity contribution >= 4 is 11.6 Å². The molecule has 1 amide bonds. The van der Waals surface area contributed by atoms with Crippen LogP contribution in [0.5, 0.6) is 0 Å². The van der Waals surface area contributed by atoms with Crippen molar-refractivity contribution in [2.75, 3.05) is 5.01 Å². The molecule has 2 N–H and O–H groups in total. The Morgan fingerprint density at radius 1 is 1.16 bits per heavy atom. The predicted octanol–water partition coefficient (Wildman–Crippen LogP) is 2.82. The van der Waals surface area contributed by atoms with Crippen LogP contribution in [-0.2, 0) is 4.79 Å². The van der Waals surface area contributed by atoms with Gasteiger partial charge < -0.3 is 0 Å². The van der Waals surface area contributed by atoms with Crippen molar-refractivity contribution < 1.29 is 9.18 Å². The number of hydrogen-bond donors (Lipinski definition) is 1. The lowest BCUT2D eigenvalue weighted by atomic mass is 9.92. The molecule has 2 aromatic carbocycles. The monoisotopic (exact) mass is 256 g/mol. The SMILES string of the molecule is CC1C(=O)N(N)c2ccccc2-c2cc(F)ccc21. The van der Waals surface area contributed by atoms with Crippen LogP contribution in [0.15, 0.2) is 42.5 Å². The van der Waals surface area contributed by atoms with Crippen LogP contribution in [-0.4, -0.2) is 5.91 Å². The highest BCUT2D eigenvalue weighted by molar-refractivity contribution is 6.04. The van der Waals surface area contributed by atoms with Crippen molar-refractivity contribution in [2.24, 2.45) is 5.84 Å². The van der Waals surface area contributed by atoms with Crippen molar-refractivity contribution in [3.63, 3.8) is 0 Å². The van der Waals surface area contributed by atoms with Crippen molar-refractivity contribution in [1.29, 1.82) is 0 Å². The van der Waals surface area contributed by atoms with Gasteiger partial charge >= 0.3 is 0 Å². The van der Waals surface area contributed by atoms with Crippen LogP contribution in [0.3, 0.4) is 0 Å². The number of para-hydroxylation sites is 1. The molecule has 0 spiro atoms. The van der Waals surface area contributed by atoms with E-state index in [4.69, 9.17) is 5.84 Å². The Balaban J connectivity index is 2.37. The molecule has 1 aliphatic heterocycles. The normalized spacial score (nSPS) is 17.7. The highest BCUT2D eigenvalue weighted by atomic mass is 19.1. The van der Waals surface area contributed by atoms with Crippen LogP contribution < -0.4 is 10.9 Å². The maximum atomic E-state index is 13.5. The summed E-state index contributed by atoms with van der Waals surface area (Å²) in [6.07, 6.45) is 0. The molecule has 0 aromatic heterocycles. The first-order valence-corrected chi connectivity index (χ1v) is 6.07. The van der Waals surface area contributed by atoms with E-state index in [1.807, 2.05) is 12.1 Å². The molecule has 1 heterocycles. The summed E-state index contributed by atoms with van der Waals surface area (Å²) in [4.78, 5) is 12.3.